The van der Waals surface area contributed by atoms with Crippen molar-refractivity contribution in [3.05, 3.63) is 24.3 Å². The van der Waals surface area contributed by atoms with Crippen molar-refractivity contribution in [3.8, 4) is 5.75 Å². The number of carbonyl (C=O) groups is 2. The van der Waals surface area contributed by atoms with Crippen LogP contribution in [0.1, 0.15) is 13.8 Å². The molecule has 1 aromatic carbocycles. The third-order valence-corrected chi connectivity index (χ3v) is 3.83. The van der Waals surface area contributed by atoms with Gasteiger partial charge in [-0.2, -0.15) is 0 Å². The number of benzene rings is 1. The number of nitrogens with zero attached hydrogens (tertiary/aromatic N) is 1. The minimum atomic E-state index is -1.01. The maximum absolute atomic E-state index is 11.8. The highest BCUT2D eigenvalue weighted by atomic mass is 32.2. The van der Waals surface area contributed by atoms with Gasteiger partial charge in [0.1, 0.15) is 11.8 Å². The Bertz CT molecular complexity index is 461. The molecular formula is C14H19NO4S. The van der Waals surface area contributed by atoms with E-state index in [9.17, 15) is 9.59 Å². The number of ether oxygens (including phenoxy) is 1. The van der Waals surface area contributed by atoms with E-state index >= 15 is 0 Å². The minimum absolute atomic E-state index is 0.209. The first-order valence-electron chi connectivity index (χ1n) is 6.29. The standard InChI is InChI=1S/C14H19NO4S/c1-4-19-11-5-7-12(8-6-11)20-9-13(16)15(3)10(2)14(17)18/h5-8,10H,4,9H2,1-3H3,(H,17,18). The molecule has 0 saturated heterocycles. The summed E-state index contributed by atoms with van der Waals surface area (Å²) in [6.07, 6.45) is 0. The second-order valence-corrected chi connectivity index (χ2v) is 5.26. The molecule has 0 radical (unpaired) electrons. The van der Waals surface area contributed by atoms with Crippen LogP contribution in [0.4, 0.5) is 0 Å². The molecule has 1 N–H and O–H groups in total. The van der Waals surface area contributed by atoms with Crippen LogP contribution in [0.15, 0.2) is 29.2 Å². The number of carboxylic acids is 1. The van der Waals surface area contributed by atoms with Crippen molar-refractivity contribution in [2.75, 3.05) is 19.4 Å². The van der Waals surface area contributed by atoms with Crippen LogP contribution in [0.3, 0.4) is 0 Å². The summed E-state index contributed by atoms with van der Waals surface area (Å²) in [7, 11) is 1.50. The number of carbonyl (C=O) groups excluding carboxylic acids is 1. The molecule has 110 valence electrons. The highest BCUT2D eigenvalue weighted by Gasteiger charge is 2.21. The fourth-order valence-corrected chi connectivity index (χ4v) is 2.25. The van der Waals surface area contributed by atoms with Gasteiger partial charge in [0, 0.05) is 11.9 Å². The second-order valence-electron chi connectivity index (χ2n) is 4.21. The predicted molar refractivity (Wildman–Crippen MR) is 78.2 cm³/mol. The smallest absolute Gasteiger partial charge is 0.326 e. The molecule has 1 aromatic rings. The van der Waals surface area contributed by atoms with Gasteiger partial charge in [0.15, 0.2) is 0 Å². The topological polar surface area (TPSA) is 66.8 Å². The van der Waals surface area contributed by atoms with E-state index in [1.54, 1.807) is 0 Å². The number of hydrogen-bond donors (Lipinski definition) is 1. The summed E-state index contributed by atoms with van der Waals surface area (Å²) in [5.74, 6) is -0.215. The molecule has 1 unspecified atom stereocenters. The monoisotopic (exact) mass is 297 g/mol. The molecule has 0 aliphatic rings. The molecule has 0 fully saturated rings. The SMILES string of the molecule is CCOc1ccc(SCC(=O)N(C)C(C)C(=O)O)cc1. The molecule has 6 heteroatoms. The Morgan fingerprint density at radius 1 is 1.35 bits per heavy atom. The van der Waals surface area contributed by atoms with Gasteiger partial charge in [-0.1, -0.05) is 0 Å². The summed E-state index contributed by atoms with van der Waals surface area (Å²) < 4.78 is 5.33. The van der Waals surface area contributed by atoms with Crippen LogP contribution >= 0.6 is 11.8 Å². The van der Waals surface area contributed by atoms with Crippen molar-refractivity contribution < 1.29 is 19.4 Å². The molecule has 1 amide bonds. The van der Waals surface area contributed by atoms with Crippen molar-refractivity contribution in [2.24, 2.45) is 0 Å². The number of thioether (sulfide) groups is 1. The summed E-state index contributed by atoms with van der Waals surface area (Å²) in [5, 5.41) is 8.85. The average molecular weight is 297 g/mol. The Hall–Kier alpha value is -1.69. The maximum Gasteiger partial charge on any atom is 0.326 e. The van der Waals surface area contributed by atoms with Crippen LogP contribution in [0.25, 0.3) is 0 Å². The molecule has 1 atom stereocenters. The fraction of sp³-hybridized carbons (Fsp3) is 0.429. The first-order valence-corrected chi connectivity index (χ1v) is 7.28. The zero-order valence-corrected chi connectivity index (χ0v) is 12.6. The van der Waals surface area contributed by atoms with Gasteiger partial charge in [-0.3, -0.25) is 4.79 Å². The number of hydrogen-bond acceptors (Lipinski definition) is 4. The molecule has 0 saturated carbocycles. The highest BCUT2D eigenvalue weighted by Crippen LogP contribution is 2.21. The number of rotatable bonds is 7. The van der Waals surface area contributed by atoms with Gasteiger partial charge in [-0.05, 0) is 38.1 Å². The second kappa shape index (κ2) is 7.79. The van der Waals surface area contributed by atoms with Crippen molar-refractivity contribution in [2.45, 2.75) is 24.8 Å². The Labute approximate surface area is 122 Å². The third-order valence-electron chi connectivity index (χ3n) is 2.83. The van der Waals surface area contributed by atoms with E-state index in [0.29, 0.717) is 6.61 Å². The van der Waals surface area contributed by atoms with E-state index in [2.05, 4.69) is 0 Å². The summed E-state index contributed by atoms with van der Waals surface area (Å²) in [4.78, 5) is 24.8. The van der Waals surface area contributed by atoms with Gasteiger partial charge in [0.2, 0.25) is 5.91 Å². The normalized spacial score (nSPS) is 11.8. The average Bonchev–Trinajstić information content (AvgIpc) is 2.44. The number of carboxylic acid groups (broad SMARTS) is 1. The van der Waals surface area contributed by atoms with E-state index < -0.39 is 12.0 Å². The van der Waals surface area contributed by atoms with Gasteiger partial charge in [0.05, 0.1) is 12.4 Å². The maximum atomic E-state index is 11.8. The molecule has 0 heterocycles. The molecule has 20 heavy (non-hydrogen) atoms. The van der Waals surface area contributed by atoms with E-state index in [1.165, 1.54) is 30.6 Å². The van der Waals surface area contributed by atoms with Crippen LogP contribution in [-0.4, -0.2) is 47.3 Å². The third kappa shape index (κ3) is 4.77. The van der Waals surface area contributed by atoms with E-state index in [-0.39, 0.29) is 11.7 Å². The lowest BCUT2D eigenvalue weighted by atomic mass is 10.3. The molecule has 1 rings (SSSR count). The van der Waals surface area contributed by atoms with E-state index in [0.717, 1.165) is 10.6 Å². The molecule has 0 spiro atoms. The number of likely N-dealkylation sites (N-methyl/N-ethyl adjacent to an activating group) is 1. The zero-order chi connectivity index (χ0) is 15.1. The Morgan fingerprint density at radius 2 is 1.95 bits per heavy atom. The van der Waals surface area contributed by atoms with Crippen LogP contribution in [0.5, 0.6) is 5.75 Å². The van der Waals surface area contributed by atoms with Gasteiger partial charge >= 0.3 is 5.97 Å². The first kappa shape index (κ1) is 16.4. The van der Waals surface area contributed by atoms with Crippen LogP contribution in [0, 0.1) is 0 Å². The highest BCUT2D eigenvalue weighted by molar-refractivity contribution is 8.00. The summed E-state index contributed by atoms with van der Waals surface area (Å²) in [6, 6.07) is 6.64. The summed E-state index contributed by atoms with van der Waals surface area (Å²) >= 11 is 1.37. The largest absolute Gasteiger partial charge is 0.494 e. The number of aliphatic carboxylic acids is 1. The van der Waals surface area contributed by atoms with Crippen molar-refractivity contribution in [3.63, 3.8) is 0 Å². The zero-order valence-electron chi connectivity index (χ0n) is 11.8. The van der Waals surface area contributed by atoms with Gasteiger partial charge in [-0.15, -0.1) is 11.8 Å². The van der Waals surface area contributed by atoms with Crippen LogP contribution < -0.4 is 4.74 Å². The molecule has 0 bridgehead atoms. The van der Waals surface area contributed by atoms with Gasteiger partial charge in [-0.25, -0.2) is 4.79 Å². The van der Waals surface area contributed by atoms with Crippen molar-refractivity contribution in [1.29, 1.82) is 0 Å². The lowest BCUT2D eigenvalue weighted by Crippen LogP contribution is -2.41. The van der Waals surface area contributed by atoms with Gasteiger partial charge < -0.3 is 14.7 Å². The van der Waals surface area contributed by atoms with Crippen molar-refractivity contribution >= 4 is 23.6 Å². The lowest BCUT2D eigenvalue weighted by Gasteiger charge is -2.21. The lowest BCUT2D eigenvalue weighted by molar-refractivity contribution is -0.147. The van der Waals surface area contributed by atoms with Crippen LogP contribution in [0.2, 0.25) is 0 Å². The summed E-state index contributed by atoms with van der Waals surface area (Å²) in [5.41, 5.74) is 0. The Kier molecular flexibility index (Phi) is 6.38. The molecule has 0 aliphatic carbocycles. The molecule has 5 nitrogen and oxygen atoms in total. The van der Waals surface area contributed by atoms with E-state index in [1.807, 2.05) is 31.2 Å². The van der Waals surface area contributed by atoms with E-state index in [4.69, 9.17) is 9.84 Å². The Balaban J connectivity index is 2.50. The van der Waals surface area contributed by atoms with Crippen LogP contribution in [-0.2, 0) is 9.59 Å². The first-order chi connectivity index (χ1) is 9.45. The molecular weight excluding hydrogens is 278 g/mol. The fourth-order valence-electron chi connectivity index (χ4n) is 1.43. The quantitative estimate of drug-likeness (QED) is 0.781. The summed E-state index contributed by atoms with van der Waals surface area (Å²) in [6.45, 7) is 4.02. The predicted octanol–water partition coefficient (Wildman–Crippen LogP) is 2.11. The minimum Gasteiger partial charge on any atom is -0.494 e. The van der Waals surface area contributed by atoms with Crippen molar-refractivity contribution in [1.82, 2.24) is 4.90 Å². The molecule has 0 aliphatic heterocycles. The Morgan fingerprint density at radius 3 is 2.45 bits per heavy atom. The molecule has 0 aromatic heterocycles. The number of amides is 1. The van der Waals surface area contributed by atoms with Gasteiger partial charge in [0.25, 0.3) is 0 Å².